The molecule has 0 radical (unpaired) electrons. The number of pyridine rings is 1. The lowest BCUT2D eigenvalue weighted by Crippen LogP contribution is -2.21. The highest BCUT2D eigenvalue weighted by molar-refractivity contribution is 6.35. The van der Waals surface area contributed by atoms with Crippen LogP contribution in [0.5, 0.6) is 6.01 Å². The van der Waals surface area contributed by atoms with Crippen LogP contribution in [0.3, 0.4) is 0 Å². The topological polar surface area (TPSA) is 102 Å². The lowest BCUT2D eigenvalue weighted by Gasteiger charge is -2.24. The average Bonchev–Trinajstić information content (AvgIpc) is 3.00. The zero-order valence-corrected chi connectivity index (χ0v) is 14.8. The van der Waals surface area contributed by atoms with E-state index < -0.39 is 5.92 Å². The first-order valence-electron chi connectivity index (χ1n) is 8.25. The summed E-state index contributed by atoms with van der Waals surface area (Å²) in [5, 5.41) is 29.2. The van der Waals surface area contributed by atoms with Gasteiger partial charge < -0.3 is 20.3 Å². The van der Waals surface area contributed by atoms with Gasteiger partial charge in [0.15, 0.2) is 5.65 Å². The van der Waals surface area contributed by atoms with Gasteiger partial charge >= 0.3 is 0 Å². The van der Waals surface area contributed by atoms with E-state index >= 15 is 0 Å². The molecule has 0 fully saturated rings. The molecule has 3 aromatic rings. The Morgan fingerprint density at radius 2 is 1.81 bits per heavy atom. The van der Waals surface area contributed by atoms with Crippen LogP contribution in [0.4, 0.5) is 4.39 Å². The summed E-state index contributed by atoms with van der Waals surface area (Å²) < 4.78 is 13.3. The number of H-pyrrole nitrogens is 1. The van der Waals surface area contributed by atoms with Crippen LogP contribution in [0.1, 0.15) is 25.0 Å². The molecule has 2 aromatic heterocycles. The fraction of sp³-hybridized carbons (Fsp3) is 0.333. The van der Waals surface area contributed by atoms with Gasteiger partial charge in [0.2, 0.25) is 0 Å². The molecule has 0 spiro atoms. The molecule has 1 aromatic carbocycles. The van der Waals surface area contributed by atoms with Crippen molar-refractivity contribution in [3.63, 3.8) is 0 Å². The highest BCUT2D eigenvalue weighted by Gasteiger charge is 2.28. The lowest BCUT2D eigenvalue weighted by atomic mass is 9.86. The highest BCUT2D eigenvalue weighted by Crippen LogP contribution is 2.41. The molecule has 8 heteroatoms. The van der Waals surface area contributed by atoms with Crippen LogP contribution in [-0.4, -0.2) is 43.5 Å². The summed E-state index contributed by atoms with van der Waals surface area (Å²) in [4.78, 5) is 11.2. The second-order valence-corrected chi connectivity index (χ2v) is 6.47. The molecular weight excluding hydrogens is 361 g/mol. The van der Waals surface area contributed by atoms with Gasteiger partial charge in [-0.25, -0.2) is 9.37 Å². The number of aromatic amines is 1. The number of fused-ring (bicyclic) bond motifs is 1. The molecule has 0 saturated heterocycles. The van der Waals surface area contributed by atoms with Crippen molar-refractivity contribution in [2.45, 2.75) is 19.3 Å². The fourth-order valence-electron chi connectivity index (χ4n) is 3.20. The Labute approximate surface area is 154 Å². The molecule has 0 aliphatic heterocycles. The number of rotatable bonds is 6. The van der Waals surface area contributed by atoms with Crippen molar-refractivity contribution in [2.75, 3.05) is 13.2 Å². The average molecular weight is 380 g/mol. The molecule has 1 atom stereocenters. The van der Waals surface area contributed by atoms with Crippen LogP contribution in [-0.2, 0) is 0 Å². The number of aliphatic hydroxyl groups excluding tert-OH is 2. The Bertz CT molecular complexity index is 910. The number of imidazole rings is 1. The molecule has 2 heterocycles. The predicted molar refractivity (Wildman–Crippen MR) is 96.7 cm³/mol. The van der Waals surface area contributed by atoms with E-state index in [4.69, 9.17) is 11.6 Å². The van der Waals surface area contributed by atoms with Gasteiger partial charge in [-0.3, -0.25) is 0 Å². The molecule has 3 rings (SSSR count). The van der Waals surface area contributed by atoms with Gasteiger partial charge in [0.25, 0.3) is 6.01 Å². The molecule has 4 N–H and O–H groups in total. The van der Waals surface area contributed by atoms with E-state index in [1.54, 1.807) is 12.1 Å². The summed E-state index contributed by atoms with van der Waals surface area (Å²) in [7, 11) is 0. The number of hydrogen-bond acceptors (Lipinski definition) is 5. The third-order valence-electron chi connectivity index (χ3n) is 4.55. The number of aromatic hydroxyl groups is 1. The molecule has 6 nitrogen and oxygen atoms in total. The van der Waals surface area contributed by atoms with Gasteiger partial charge in [-0.2, -0.15) is 4.98 Å². The first-order chi connectivity index (χ1) is 12.5. The van der Waals surface area contributed by atoms with Crippen molar-refractivity contribution in [1.82, 2.24) is 15.0 Å². The van der Waals surface area contributed by atoms with Gasteiger partial charge in [-0.15, -0.1) is 0 Å². The number of aromatic nitrogens is 3. The number of benzene rings is 1. The van der Waals surface area contributed by atoms with Crippen LogP contribution >= 0.6 is 11.6 Å². The maximum atomic E-state index is 13.3. The van der Waals surface area contributed by atoms with Crippen molar-refractivity contribution >= 4 is 22.8 Å². The Balaban J connectivity index is 2.28. The van der Waals surface area contributed by atoms with E-state index in [9.17, 15) is 19.7 Å². The molecule has 26 heavy (non-hydrogen) atoms. The standard InChI is InChI=1S/C18H19ClFN3O3/c1-2-12(10(7-24)8-25)15-14(19)13(9-3-5-11(20)6-4-9)16-17(21-15)23-18(26)22-16/h3-6,10,12,24-25H,2,7-8H2,1H3,(H2,21,22,23,26)/t12-/m0/s1. The van der Waals surface area contributed by atoms with Crippen molar-refractivity contribution in [1.29, 1.82) is 0 Å². The van der Waals surface area contributed by atoms with Crippen LogP contribution in [0.15, 0.2) is 24.3 Å². The number of halogens is 2. The maximum Gasteiger partial charge on any atom is 0.293 e. The molecule has 138 valence electrons. The van der Waals surface area contributed by atoms with Gasteiger partial charge in [-0.1, -0.05) is 30.7 Å². The minimum Gasteiger partial charge on any atom is -0.480 e. The summed E-state index contributed by atoms with van der Waals surface area (Å²) in [5.74, 6) is -1.12. The second kappa shape index (κ2) is 7.57. The Morgan fingerprint density at radius 3 is 2.38 bits per heavy atom. The maximum absolute atomic E-state index is 13.3. The largest absolute Gasteiger partial charge is 0.480 e. The van der Waals surface area contributed by atoms with Gasteiger partial charge in [0.05, 0.1) is 16.2 Å². The zero-order valence-electron chi connectivity index (χ0n) is 14.1. The quantitative estimate of drug-likeness (QED) is 0.526. The lowest BCUT2D eigenvalue weighted by molar-refractivity contribution is 0.127. The third-order valence-corrected chi connectivity index (χ3v) is 4.94. The van der Waals surface area contributed by atoms with Crippen molar-refractivity contribution in [3.05, 3.63) is 40.8 Å². The normalized spacial score (nSPS) is 12.8. The van der Waals surface area contributed by atoms with E-state index in [0.29, 0.717) is 33.8 Å². The Morgan fingerprint density at radius 1 is 1.15 bits per heavy atom. The first kappa shape index (κ1) is 18.6. The van der Waals surface area contributed by atoms with Gasteiger partial charge in [-0.05, 0) is 24.1 Å². The van der Waals surface area contributed by atoms with E-state index in [1.165, 1.54) is 12.1 Å². The molecule has 0 aliphatic carbocycles. The van der Waals surface area contributed by atoms with Gasteiger partial charge in [0, 0.05) is 30.6 Å². The molecule has 0 amide bonds. The van der Waals surface area contributed by atoms with Crippen molar-refractivity contribution in [2.24, 2.45) is 5.92 Å². The molecule has 0 aliphatic rings. The Hall–Kier alpha value is -2.22. The summed E-state index contributed by atoms with van der Waals surface area (Å²) in [6, 6.07) is 5.48. The number of aliphatic hydroxyl groups is 2. The summed E-state index contributed by atoms with van der Waals surface area (Å²) in [5.41, 5.74) is 2.33. The Kier molecular flexibility index (Phi) is 5.41. The predicted octanol–water partition coefficient (Wildman–Crippen LogP) is 3.22. The van der Waals surface area contributed by atoms with E-state index in [1.807, 2.05) is 6.92 Å². The molecule has 0 saturated carbocycles. The van der Waals surface area contributed by atoms with Crippen molar-refractivity contribution < 1.29 is 19.7 Å². The molecule has 0 bridgehead atoms. The smallest absolute Gasteiger partial charge is 0.293 e. The summed E-state index contributed by atoms with van der Waals surface area (Å²) in [6.07, 6.45) is 0.587. The second-order valence-electron chi connectivity index (χ2n) is 6.09. The third kappa shape index (κ3) is 3.25. The monoisotopic (exact) mass is 379 g/mol. The van der Waals surface area contributed by atoms with E-state index in [-0.39, 0.29) is 36.6 Å². The zero-order chi connectivity index (χ0) is 18.8. The summed E-state index contributed by atoms with van der Waals surface area (Å²) >= 11 is 6.65. The molecular formula is C18H19ClFN3O3. The van der Waals surface area contributed by atoms with Crippen LogP contribution in [0.25, 0.3) is 22.3 Å². The minimum absolute atomic E-state index is 0.219. The highest BCUT2D eigenvalue weighted by atomic mass is 35.5. The molecule has 0 unspecified atom stereocenters. The van der Waals surface area contributed by atoms with E-state index in [0.717, 1.165) is 0 Å². The number of nitrogens with zero attached hydrogens (tertiary/aromatic N) is 2. The van der Waals surface area contributed by atoms with E-state index in [2.05, 4.69) is 15.0 Å². The minimum atomic E-state index is -0.434. The summed E-state index contributed by atoms with van der Waals surface area (Å²) in [6.45, 7) is 1.47. The van der Waals surface area contributed by atoms with Crippen molar-refractivity contribution in [3.8, 4) is 17.1 Å². The number of hydrogen-bond donors (Lipinski definition) is 4. The first-order valence-corrected chi connectivity index (χ1v) is 8.63. The van der Waals surface area contributed by atoms with Crippen LogP contribution < -0.4 is 0 Å². The van der Waals surface area contributed by atoms with Crippen LogP contribution in [0, 0.1) is 11.7 Å². The fourth-order valence-corrected chi connectivity index (χ4v) is 3.59. The SMILES string of the molecule is CC[C@H](c1nc2nc(O)[nH]c2c(-c2ccc(F)cc2)c1Cl)C(CO)CO. The number of nitrogens with one attached hydrogen (secondary N) is 1. The van der Waals surface area contributed by atoms with Crippen LogP contribution in [0.2, 0.25) is 5.02 Å². The van der Waals surface area contributed by atoms with Gasteiger partial charge in [0.1, 0.15) is 5.82 Å².